The lowest BCUT2D eigenvalue weighted by Gasteiger charge is -2.16. The van der Waals surface area contributed by atoms with E-state index in [-0.39, 0.29) is 0 Å². The van der Waals surface area contributed by atoms with Gasteiger partial charge < -0.3 is 15.1 Å². The van der Waals surface area contributed by atoms with Gasteiger partial charge in [0.15, 0.2) is 5.58 Å². The van der Waals surface area contributed by atoms with Crippen molar-refractivity contribution >= 4 is 22.8 Å². The van der Waals surface area contributed by atoms with Gasteiger partial charge in [-0.2, -0.15) is 4.98 Å². The van der Waals surface area contributed by atoms with Crippen LogP contribution in [-0.2, 0) is 0 Å². The maximum atomic E-state index is 5.70. The van der Waals surface area contributed by atoms with Gasteiger partial charge >= 0.3 is 0 Å². The maximum absolute atomic E-state index is 5.70. The standard InChI is InChI=1S/C12H17N3O/c1-3-7-15(4-2)12-14-10-6-5-9(13)8-11(10)16-12/h5-6,8H,3-4,7,13H2,1-2H3. The summed E-state index contributed by atoms with van der Waals surface area (Å²) in [7, 11) is 0. The van der Waals surface area contributed by atoms with E-state index in [1.54, 1.807) is 0 Å². The van der Waals surface area contributed by atoms with E-state index in [2.05, 4.69) is 23.7 Å². The molecule has 0 spiro atoms. The summed E-state index contributed by atoms with van der Waals surface area (Å²) in [4.78, 5) is 6.57. The number of fused-ring (bicyclic) bond motifs is 1. The van der Waals surface area contributed by atoms with Gasteiger partial charge in [-0.05, 0) is 25.5 Å². The maximum Gasteiger partial charge on any atom is 0.298 e. The Hall–Kier alpha value is -1.71. The molecule has 0 saturated heterocycles. The summed E-state index contributed by atoms with van der Waals surface area (Å²) >= 11 is 0. The summed E-state index contributed by atoms with van der Waals surface area (Å²) in [6, 6.07) is 6.22. The summed E-state index contributed by atoms with van der Waals surface area (Å²) in [5.41, 5.74) is 8.02. The molecule has 2 aromatic rings. The van der Waals surface area contributed by atoms with Gasteiger partial charge in [0.1, 0.15) is 5.52 Å². The Labute approximate surface area is 95.1 Å². The van der Waals surface area contributed by atoms with Crippen molar-refractivity contribution in [2.24, 2.45) is 0 Å². The van der Waals surface area contributed by atoms with E-state index < -0.39 is 0 Å². The fourth-order valence-corrected chi connectivity index (χ4v) is 1.72. The number of hydrogen-bond acceptors (Lipinski definition) is 4. The number of anilines is 2. The molecule has 0 fully saturated rings. The molecule has 2 N–H and O–H groups in total. The average Bonchev–Trinajstić information content (AvgIpc) is 2.68. The van der Waals surface area contributed by atoms with Crippen LogP contribution >= 0.6 is 0 Å². The molecule has 0 radical (unpaired) electrons. The zero-order chi connectivity index (χ0) is 11.5. The number of rotatable bonds is 4. The molecular formula is C12H17N3O. The topological polar surface area (TPSA) is 55.3 Å². The summed E-state index contributed by atoms with van der Waals surface area (Å²) in [6.45, 7) is 6.09. The van der Waals surface area contributed by atoms with Crippen molar-refractivity contribution in [3.05, 3.63) is 18.2 Å². The first-order valence-electron chi connectivity index (χ1n) is 5.65. The van der Waals surface area contributed by atoms with Gasteiger partial charge in [0.25, 0.3) is 6.01 Å². The molecule has 1 aromatic carbocycles. The Balaban J connectivity index is 2.37. The smallest absolute Gasteiger partial charge is 0.298 e. The Bertz CT molecular complexity index is 478. The van der Waals surface area contributed by atoms with Crippen molar-refractivity contribution in [3.63, 3.8) is 0 Å². The molecule has 0 aliphatic heterocycles. The highest BCUT2D eigenvalue weighted by Crippen LogP contribution is 2.23. The Morgan fingerprint density at radius 1 is 1.38 bits per heavy atom. The molecule has 1 heterocycles. The molecule has 1 aromatic heterocycles. The molecule has 4 heteroatoms. The monoisotopic (exact) mass is 219 g/mol. The zero-order valence-corrected chi connectivity index (χ0v) is 9.73. The predicted molar refractivity (Wildman–Crippen MR) is 66.6 cm³/mol. The highest BCUT2D eigenvalue weighted by molar-refractivity contribution is 5.78. The van der Waals surface area contributed by atoms with Crippen LogP contribution in [0.3, 0.4) is 0 Å². The predicted octanol–water partition coefficient (Wildman–Crippen LogP) is 2.65. The zero-order valence-electron chi connectivity index (χ0n) is 9.73. The van der Waals surface area contributed by atoms with Crippen LogP contribution in [0.4, 0.5) is 11.7 Å². The fraction of sp³-hybridized carbons (Fsp3) is 0.417. The number of benzene rings is 1. The second-order valence-corrected chi connectivity index (χ2v) is 3.80. The molecule has 16 heavy (non-hydrogen) atoms. The Kier molecular flexibility index (Phi) is 2.99. The molecule has 4 nitrogen and oxygen atoms in total. The van der Waals surface area contributed by atoms with Gasteiger partial charge in [-0.3, -0.25) is 0 Å². The highest BCUT2D eigenvalue weighted by atomic mass is 16.4. The lowest BCUT2D eigenvalue weighted by molar-refractivity contribution is 0.568. The van der Waals surface area contributed by atoms with Crippen molar-refractivity contribution in [3.8, 4) is 0 Å². The van der Waals surface area contributed by atoms with Crippen LogP contribution in [0.15, 0.2) is 22.6 Å². The summed E-state index contributed by atoms with van der Waals surface area (Å²) < 4.78 is 5.69. The van der Waals surface area contributed by atoms with Gasteiger partial charge in [0.05, 0.1) is 0 Å². The van der Waals surface area contributed by atoms with E-state index in [1.807, 2.05) is 18.2 Å². The number of hydrogen-bond donors (Lipinski definition) is 1. The molecule has 0 saturated carbocycles. The molecule has 0 atom stereocenters. The van der Waals surface area contributed by atoms with Crippen LogP contribution in [0.5, 0.6) is 0 Å². The summed E-state index contributed by atoms with van der Waals surface area (Å²) in [6.07, 6.45) is 1.08. The van der Waals surface area contributed by atoms with E-state index in [9.17, 15) is 0 Å². The average molecular weight is 219 g/mol. The Morgan fingerprint density at radius 3 is 2.88 bits per heavy atom. The fourth-order valence-electron chi connectivity index (χ4n) is 1.72. The quantitative estimate of drug-likeness (QED) is 0.803. The number of oxazole rings is 1. The van der Waals surface area contributed by atoms with E-state index in [4.69, 9.17) is 10.2 Å². The van der Waals surface area contributed by atoms with Crippen LogP contribution in [0.25, 0.3) is 11.1 Å². The number of nitrogens with two attached hydrogens (primary N) is 1. The van der Waals surface area contributed by atoms with Crippen molar-refractivity contribution in [2.75, 3.05) is 23.7 Å². The molecule has 0 bridgehead atoms. The second kappa shape index (κ2) is 4.43. The van der Waals surface area contributed by atoms with Gasteiger partial charge in [0.2, 0.25) is 0 Å². The first kappa shape index (κ1) is 10.8. The minimum atomic E-state index is 0.685. The third-order valence-electron chi connectivity index (χ3n) is 2.55. The van der Waals surface area contributed by atoms with Crippen LogP contribution < -0.4 is 10.6 Å². The SMILES string of the molecule is CCCN(CC)c1nc2ccc(N)cc2o1. The van der Waals surface area contributed by atoms with E-state index in [0.717, 1.165) is 30.6 Å². The van der Waals surface area contributed by atoms with E-state index >= 15 is 0 Å². The van der Waals surface area contributed by atoms with Crippen molar-refractivity contribution < 1.29 is 4.42 Å². The third-order valence-corrected chi connectivity index (χ3v) is 2.55. The second-order valence-electron chi connectivity index (χ2n) is 3.80. The minimum absolute atomic E-state index is 0.685. The number of nitrogen functional groups attached to an aromatic ring is 1. The largest absolute Gasteiger partial charge is 0.423 e. The third kappa shape index (κ3) is 1.96. The van der Waals surface area contributed by atoms with E-state index in [0.29, 0.717) is 11.7 Å². The Morgan fingerprint density at radius 2 is 2.19 bits per heavy atom. The van der Waals surface area contributed by atoms with Crippen molar-refractivity contribution in [2.45, 2.75) is 20.3 Å². The molecule has 0 aliphatic carbocycles. The lowest BCUT2D eigenvalue weighted by atomic mass is 10.3. The summed E-state index contributed by atoms with van der Waals surface area (Å²) in [5.74, 6) is 0. The molecule has 86 valence electrons. The normalized spacial score (nSPS) is 10.9. The first-order valence-corrected chi connectivity index (χ1v) is 5.65. The lowest BCUT2D eigenvalue weighted by Crippen LogP contribution is -2.23. The highest BCUT2D eigenvalue weighted by Gasteiger charge is 2.11. The number of nitrogens with zero attached hydrogens (tertiary/aromatic N) is 2. The van der Waals surface area contributed by atoms with Crippen LogP contribution in [-0.4, -0.2) is 18.1 Å². The summed E-state index contributed by atoms with van der Waals surface area (Å²) in [5, 5.41) is 0. The first-order chi connectivity index (χ1) is 7.74. The van der Waals surface area contributed by atoms with Crippen molar-refractivity contribution in [1.82, 2.24) is 4.98 Å². The van der Waals surface area contributed by atoms with Gasteiger partial charge in [-0.15, -0.1) is 0 Å². The van der Waals surface area contributed by atoms with E-state index in [1.165, 1.54) is 0 Å². The molecule has 0 amide bonds. The molecular weight excluding hydrogens is 202 g/mol. The van der Waals surface area contributed by atoms with Crippen LogP contribution in [0, 0.1) is 0 Å². The van der Waals surface area contributed by atoms with Gasteiger partial charge in [-0.25, -0.2) is 0 Å². The molecule has 0 aliphatic rings. The minimum Gasteiger partial charge on any atom is -0.423 e. The van der Waals surface area contributed by atoms with Gasteiger partial charge in [-0.1, -0.05) is 6.92 Å². The van der Waals surface area contributed by atoms with Crippen LogP contribution in [0.1, 0.15) is 20.3 Å². The van der Waals surface area contributed by atoms with Crippen LogP contribution in [0.2, 0.25) is 0 Å². The number of aromatic nitrogens is 1. The van der Waals surface area contributed by atoms with Gasteiger partial charge in [0, 0.05) is 24.8 Å². The molecule has 2 rings (SSSR count). The van der Waals surface area contributed by atoms with Crippen molar-refractivity contribution in [1.29, 1.82) is 0 Å². The molecule has 0 unspecified atom stereocenters.